The van der Waals surface area contributed by atoms with Crippen LogP contribution in [-0.4, -0.2) is 36.9 Å². The molecule has 0 fully saturated rings. The normalized spacial score (nSPS) is 15.3. The third kappa shape index (κ3) is 5.19. The molecule has 0 aromatic carbocycles. The standard InChI is InChI=1S/C10H21NO3/c1-8(2)10(3,13)7-11-9(12)5-6-14-4/h8,13H,5-7H2,1-4H3,(H,11,12). The Morgan fingerprint density at radius 1 is 1.57 bits per heavy atom. The number of aliphatic hydroxyl groups is 1. The number of ether oxygens (including phenoxy) is 1. The van der Waals surface area contributed by atoms with Crippen molar-refractivity contribution in [3.63, 3.8) is 0 Å². The van der Waals surface area contributed by atoms with Crippen molar-refractivity contribution >= 4 is 5.91 Å². The summed E-state index contributed by atoms with van der Waals surface area (Å²) in [6, 6.07) is 0. The van der Waals surface area contributed by atoms with Crippen molar-refractivity contribution in [2.45, 2.75) is 32.8 Å². The minimum Gasteiger partial charge on any atom is -0.388 e. The van der Waals surface area contributed by atoms with Gasteiger partial charge >= 0.3 is 0 Å². The van der Waals surface area contributed by atoms with E-state index in [-0.39, 0.29) is 18.4 Å². The number of hydrogen-bond acceptors (Lipinski definition) is 3. The zero-order chi connectivity index (χ0) is 11.2. The SMILES string of the molecule is COCCC(=O)NCC(C)(O)C(C)C. The molecular weight excluding hydrogens is 182 g/mol. The summed E-state index contributed by atoms with van der Waals surface area (Å²) in [5.74, 6) is 0.0259. The van der Waals surface area contributed by atoms with E-state index in [9.17, 15) is 9.90 Å². The second kappa shape index (κ2) is 5.98. The Labute approximate surface area is 85.6 Å². The molecule has 84 valence electrons. The number of hydrogen-bond donors (Lipinski definition) is 2. The zero-order valence-corrected chi connectivity index (χ0v) is 9.46. The minimum absolute atomic E-state index is 0.0900. The lowest BCUT2D eigenvalue weighted by Gasteiger charge is -2.27. The lowest BCUT2D eigenvalue weighted by molar-refractivity contribution is -0.123. The van der Waals surface area contributed by atoms with Crippen LogP contribution in [0.4, 0.5) is 0 Å². The van der Waals surface area contributed by atoms with Crippen molar-refractivity contribution in [2.75, 3.05) is 20.3 Å². The topological polar surface area (TPSA) is 58.6 Å². The molecule has 2 N–H and O–H groups in total. The second-order valence-corrected chi connectivity index (χ2v) is 4.03. The molecule has 0 heterocycles. The van der Waals surface area contributed by atoms with E-state index in [1.54, 1.807) is 14.0 Å². The van der Waals surface area contributed by atoms with E-state index in [1.165, 1.54) is 0 Å². The number of methoxy groups -OCH3 is 1. The van der Waals surface area contributed by atoms with Gasteiger partial charge in [-0.1, -0.05) is 13.8 Å². The third-order valence-electron chi connectivity index (χ3n) is 2.42. The molecule has 0 saturated carbocycles. The van der Waals surface area contributed by atoms with Crippen LogP contribution in [0, 0.1) is 5.92 Å². The fraction of sp³-hybridized carbons (Fsp3) is 0.900. The van der Waals surface area contributed by atoms with E-state index < -0.39 is 5.60 Å². The highest BCUT2D eigenvalue weighted by Gasteiger charge is 2.24. The summed E-state index contributed by atoms with van der Waals surface area (Å²) in [5.41, 5.74) is -0.845. The molecule has 0 saturated heterocycles. The van der Waals surface area contributed by atoms with Gasteiger partial charge in [0.05, 0.1) is 12.2 Å². The largest absolute Gasteiger partial charge is 0.388 e. The first-order valence-corrected chi connectivity index (χ1v) is 4.88. The van der Waals surface area contributed by atoms with Gasteiger partial charge in [-0.2, -0.15) is 0 Å². The molecule has 1 unspecified atom stereocenters. The van der Waals surface area contributed by atoms with E-state index >= 15 is 0 Å². The maximum Gasteiger partial charge on any atom is 0.222 e. The third-order valence-corrected chi connectivity index (χ3v) is 2.42. The highest BCUT2D eigenvalue weighted by molar-refractivity contribution is 5.76. The van der Waals surface area contributed by atoms with Gasteiger partial charge in [0.2, 0.25) is 5.91 Å². The number of carbonyl (C=O) groups is 1. The molecule has 0 aromatic rings. The summed E-state index contributed by atoms with van der Waals surface area (Å²) in [7, 11) is 1.55. The first-order chi connectivity index (χ1) is 6.40. The van der Waals surface area contributed by atoms with Crippen LogP contribution in [0.3, 0.4) is 0 Å². The summed E-state index contributed by atoms with van der Waals surface area (Å²) >= 11 is 0. The Morgan fingerprint density at radius 2 is 2.14 bits per heavy atom. The van der Waals surface area contributed by atoms with Crippen molar-refractivity contribution in [2.24, 2.45) is 5.92 Å². The van der Waals surface area contributed by atoms with Gasteiger partial charge in [0, 0.05) is 20.1 Å². The molecule has 0 rings (SSSR count). The molecule has 0 radical (unpaired) electrons. The second-order valence-electron chi connectivity index (χ2n) is 4.03. The fourth-order valence-electron chi connectivity index (χ4n) is 0.765. The molecule has 0 aromatic heterocycles. The maximum absolute atomic E-state index is 11.2. The van der Waals surface area contributed by atoms with Crippen molar-refractivity contribution in [1.29, 1.82) is 0 Å². The maximum atomic E-state index is 11.2. The molecule has 1 atom stereocenters. The average molecular weight is 203 g/mol. The van der Waals surface area contributed by atoms with Crippen molar-refractivity contribution in [3.8, 4) is 0 Å². The summed E-state index contributed by atoms with van der Waals surface area (Å²) in [6.07, 6.45) is 0.338. The molecule has 4 heteroatoms. The van der Waals surface area contributed by atoms with Crippen LogP contribution >= 0.6 is 0 Å². The number of carbonyl (C=O) groups excluding carboxylic acids is 1. The van der Waals surface area contributed by atoms with Crippen LogP contribution in [-0.2, 0) is 9.53 Å². The molecule has 14 heavy (non-hydrogen) atoms. The molecular formula is C10H21NO3. The van der Waals surface area contributed by atoms with Gasteiger partial charge in [0.25, 0.3) is 0 Å². The molecule has 0 bridgehead atoms. The molecule has 0 aliphatic rings. The van der Waals surface area contributed by atoms with E-state index in [1.807, 2.05) is 13.8 Å². The molecule has 1 amide bonds. The van der Waals surface area contributed by atoms with Crippen LogP contribution in [0.1, 0.15) is 27.2 Å². The lowest BCUT2D eigenvalue weighted by atomic mass is 9.92. The number of amides is 1. The van der Waals surface area contributed by atoms with Crippen LogP contribution in [0.2, 0.25) is 0 Å². The van der Waals surface area contributed by atoms with Crippen LogP contribution in [0.5, 0.6) is 0 Å². The number of rotatable bonds is 6. The van der Waals surface area contributed by atoms with Crippen LogP contribution in [0.25, 0.3) is 0 Å². The Morgan fingerprint density at radius 3 is 2.57 bits per heavy atom. The molecule has 0 aliphatic heterocycles. The molecule has 0 spiro atoms. The first-order valence-electron chi connectivity index (χ1n) is 4.88. The monoisotopic (exact) mass is 203 g/mol. The van der Waals surface area contributed by atoms with Crippen molar-refractivity contribution in [3.05, 3.63) is 0 Å². The summed E-state index contributed by atoms with van der Waals surface area (Å²) < 4.78 is 4.77. The number of nitrogens with one attached hydrogen (secondary N) is 1. The highest BCUT2D eigenvalue weighted by atomic mass is 16.5. The lowest BCUT2D eigenvalue weighted by Crippen LogP contribution is -2.44. The van der Waals surface area contributed by atoms with Gasteiger partial charge in [-0.15, -0.1) is 0 Å². The zero-order valence-electron chi connectivity index (χ0n) is 9.46. The van der Waals surface area contributed by atoms with Crippen LogP contribution in [0.15, 0.2) is 0 Å². The summed E-state index contributed by atoms with van der Waals surface area (Å²) in [6.45, 7) is 6.25. The smallest absolute Gasteiger partial charge is 0.222 e. The Hall–Kier alpha value is -0.610. The van der Waals surface area contributed by atoms with Gasteiger partial charge in [0.1, 0.15) is 0 Å². The minimum atomic E-state index is -0.845. The summed E-state index contributed by atoms with van der Waals surface area (Å²) in [4.78, 5) is 11.2. The van der Waals surface area contributed by atoms with Crippen molar-refractivity contribution < 1.29 is 14.6 Å². The predicted octanol–water partition coefficient (Wildman–Crippen LogP) is 0.546. The quantitative estimate of drug-likeness (QED) is 0.662. The van der Waals surface area contributed by atoms with Gasteiger partial charge in [-0.25, -0.2) is 0 Å². The van der Waals surface area contributed by atoms with Gasteiger partial charge in [-0.05, 0) is 12.8 Å². The van der Waals surface area contributed by atoms with E-state index in [2.05, 4.69) is 5.32 Å². The average Bonchev–Trinajstić information content (AvgIpc) is 2.11. The predicted molar refractivity (Wildman–Crippen MR) is 55.0 cm³/mol. The van der Waals surface area contributed by atoms with Gasteiger partial charge in [-0.3, -0.25) is 4.79 Å². The van der Waals surface area contributed by atoms with E-state index in [0.717, 1.165) is 0 Å². The summed E-state index contributed by atoms with van der Waals surface area (Å²) in [5, 5.41) is 12.5. The van der Waals surface area contributed by atoms with Crippen LogP contribution < -0.4 is 5.32 Å². The van der Waals surface area contributed by atoms with Gasteiger partial charge in [0.15, 0.2) is 0 Å². The van der Waals surface area contributed by atoms with Crippen molar-refractivity contribution in [1.82, 2.24) is 5.32 Å². The van der Waals surface area contributed by atoms with E-state index in [0.29, 0.717) is 13.0 Å². The first kappa shape index (κ1) is 13.4. The van der Waals surface area contributed by atoms with E-state index in [4.69, 9.17) is 4.74 Å². The Balaban J connectivity index is 3.76. The fourth-order valence-corrected chi connectivity index (χ4v) is 0.765. The van der Waals surface area contributed by atoms with Gasteiger partial charge < -0.3 is 15.2 Å². The Bertz CT molecular complexity index is 178. The highest BCUT2D eigenvalue weighted by Crippen LogP contribution is 2.14. The Kier molecular flexibility index (Phi) is 5.72. The molecule has 0 aliphatic carbocycles. The molecule has 4 nitrogen and oxygen atoms in total.